The molecule has 6 heteroatoms. The van der Waals surface area contributed by atoms with Crippen LogP contribution in [0.5, 0.6) is 5.75 Å². The van der Waals surface area contributed by atoms with E-state index in [4.69, 9.17) is 14.0 Å². The fraction of sp³-hybridized carbons (Fsp3) is 0.286. The summed E-state index contributed by atoms with van der Waals surface area (Å²) in [6.45, 7) is 4.49. The fourth-order valence-electron chi connectivity index (χ4n) is 2.59. The summed E-state index contributed by atoms with van der Waals surface area (Å²) in [6.07, 6.45) is 0.802. The molecule has 0 aliphatic carbocycles. The van der Waals surface area contributed by atoms with Gasteiger partial charge in [0.15, 0.2) is 6.61 Å². The first-order chi connectivity index (χ1) is 13.2. The van der Waals surface area contributed by atoms with E-state index in [1.165, 1.54) is 0 Å². The van der Waals surface area contributed by atoms with E-state index in [0.29, 0.717) is 18.9 Å². The Bertz CT molecular complexity index is 887. The Morgan fingerprint density at radius 1 is 1.11 bits per heavy atom. The molecular formula is C21H22N2O4. The summed E-state index contributed by atoms with van der Waals surface area (Å²) >= 11 is 0. The number of rotatable bonds is 8. The van der Waals surface area contributed by atoms with Crippen LogP contribution in [0.25, 0.3) is 11.4 Å². The van der Waals surface area contributed by atoms with Crippen molar-refractivity contribution in [3.05, 3.63) is 65.5 Å². The molecule has 2 aromatic carbocycles. The first kappa shape index (κ1) is 18.6. The minimum Gasteiger partial charge on any atom is -0.494 e. The molecule has 3 aromatic rings. The van der Waals surface area contributed by atoms with Crippen LogP contribution in [0.3, 0.4) is 0 Å². The van der Waals surface area contributed by atoms with Crippen LogP contribution in [-0.4, -0.2) is 22.7 Å². The van der Waals surface area contributed by atoms with Gasteiger partial charge in [0, 0.05) is 12.0 Å². The number of nitrogens with zero attached hydrogens (tertiary/aromatic N) is 2. The minimum absolute atomic E-state index is 0.0369. The molecule has 0 N–H and O–H groups in total. The van der Waals surface area contributed by atoms with Crippen molar-refractivity contribution in [2.75, 3.05) is 6.61 Å². The summed E-state index contributed by atoms with van der Waals surface area (Å²) in [7, 11) is 0. The first-order valence-corrected chi connectivity index (χ1v) is 8.91. The summed E-state index contributed by atoms with van der Waals surface area (Å²) in [4.78, 5) is 16.3. The fourth-order valence-corrected chi connectivity index (χ4v) is 2.59. The van der Waals surface area contributed by atoms with E-state index in [1.54, 1.807) is 0 Å². The number of hydrogen-bond acceptors (Lipinski definition) is 6. The molecule has 0 saturated heterocycles. The quantitative estimate of drug-likeness (QED) is 0.558. The average molecular weight is 366 g/mol. The number of carbonyl (C=O) groups excluding carboxylic acids is 1. The highest BCUT2D eigenvalue weighted by molar-refractivity contribution is 5.69. The molecule has 0 saturated carbocycles. The second-order valence-corrected chi connectivity index (χ2v) is 6.08. The van der Waals surface area contributed by atoms with Gasteiger partial charge in [0.1, 0.15) is 5.75 Å². The monoisotopic (exact) mass is 366 g/mol. The molecular weight excluding hydrogens is 344 g/mol. The van der Waals surface area contributed by atoms with Gasteiger partial charge in [-0.2, -0.15) is 4.98 Å². The molecule has 27 heavy (non-hydrogen) atoms. The second-order valence-electron chi connectivity index (χ2n) is 6.08. The van der Waals surface area contributed by atoms with Crippen molar-refractivity contribution in [2.45, 2.75) is 33.3 Å². The van der Waals surface area contributed by atoms with Gasteiger partial charge in [-0.05, 0) is 31.9 Å². The zero-order chi connectivity index (χ0) is 19.1. The van der Waals surface area contributed by atoms with Crippen molar-refractivity contribution >= 4 is 5.97 Å². The minimum atomic E-state index is -0.323. The molecule has 0 unspecified atom stereocenters. The van der Waals surface area contributed by atoms with Crippen LogP contribution in [0.4, 0.5) is 0 Å². The lowest BCUT2D eigenvalue weighted by Gasteiger charge is -2.09. The van der Waals surface area contributed by atoms with Crippen LogP contribution in [0, 0.1) is 6.92 Å². The van der Waals surface area contributed by atoms with Crippen molar-refractivity contribution in [1.82, 2.24) is 10.1 Å². The Hall–Kier alpha value is -3.15. The van der Waals surface area contributed by atoms with Crippen molar-refractivity contribution in [2.24, 2.45) is 0 Å². The van der Waals surface area contributed by atoms with Gasteiger partial charge in [-0.15, -0.1) is 0 Å². The highest BCUT2D eigenvalue weighted by atomic mass is 16.6. The van der Waals surface area contributed by atoms with Crippen molar-refractivity contribution < 1.29 is 18.8 Å². The molecule has 0 aliphatic heterocycles. The predicted molar refractivity (Wildman–Crippen MR) is 100 cm³/mol. The van der Waals surface area contributed by atoms with Crippen LogP contribution in [0.2, 0.25) is 0 Å². The lowest BCUT2D eigenvalue weighted by atomic mass is 10.1. The molecule has 0 bridgehead atoms. The molecule has 0 spiro atoms. The standard InChI is InChI=1S/C21H22N2O4/c1-3-25-18-7-5-4-6-16(18)12-13-20(24)26-14-19-22-21(23-27-19)17-10-8-15(2)9-11-17/h4-11H,3,12-14H2,1-2H3. The van der Waals surface area contributed by atoms with Gasteiger partial charge in [-0.1, -0.05) is 53.2 Å². The van der Waals surface area contributed by atoms with Gasteiger partial charge in [-0.3, -0.25) is 4.79 Å². The number of aryl methyl sites for hydroxylation is 2. The number of ether oxygens (including phenoxy) is 2. The Kier molecular flexibility index (Phi) is 6.20. The number of hydrogen-bond donors (Lipinski definition) is 0. The Morgan fingerprint density at radius 3 is 2.67 bits per heavy atom. The highest BCUT2D eigenvalue weighted by Crippen LogP contribution is 2.20. The Labute approximate surface area is 158 Å². The maximum Gasteiger partial charge on any atom is 0.306 e. The molecule has 0 radical (unpaired) electrons. The number of aromatic nitrogens is 2. The maximum absolute atomic E-state index is 12.0. The number of esters is 1. The van der Waals surface area contributed by atoms with Crippen molar-refractivity contribution in [1.29, 1.82) is 0 Å². The predicted octanol–water partition coefficient (Wildman–Crippen LogP) is 4.12. The third-order valence-electron chi connectivity index (χ3n) is 4.01. The zero-order valence-corrected chi connectivity index (χ0v) is 15.5. The first-order valence-electron chi connectivity index (χ1n) is 8.91. The largest absolute Gasteiger partial charge is 0.494 e. The van der Waals surface area contributed by atoms with E-state index >= 15 is 0 Å². The third-order valence-corrected chi connectivity index (χ3v) is 4.01. The van der Waals surface area contributed by atoms with Crippen LogP contribution in [0.1, 0.15) is 30.4 Å². The van der Waals surface area contributed by atoms with E-state index in [2.05, 4.69) is 10.1 Å². The number of benzene rings is 2. The lowest BCUT2D eigenvalue weighted by Crippen LogP contribution is -2.07. The molecule has 0 amide bonds. The molecule has 6 nitrogen and oxygen atoms in total. The van der Waals surface area contributed by atoms with Gasteiger partial charge >= 0.3 is 5.97 Å². The van der Waals surface area contributed by atoms with E-state index in [-0.39, 0.29) is 24.9 Å². The summed E-state index contributed by atoms with van der Waals surface area (Å²) in [6, 6.07) is 15.5. The molecule has 1 heterocycles. The number of para-hydroxylation sites is 1. The lowest BCUT2D eigenvalue weighted by molar-refractivity contribution is -0.145. The average Bonchev–Trinajstić information content (AvgIpc) is 3.15. The van der Waals surface area contributed by atoms with Crippen molar-refractivity contribution in [3.63, 3.8) is 0 Å². The summed E-state index contributed by atoms with van der Waals surface area (Å²) in [5, 5.41) is 3.93. The van der Waals surface area contributed by atoms with Crippen LogP contribution in [0.15, 0.2) is 53.1 Å². The SMILES string of the molecule is CCOc1ccccc1CCC(=O)OCc1nc(-c2ccc(C)cc2)no1. The smallest absolute Gasteiger partial charge is 0.306 e. The summed E-state index contributed by atoms with van der Waals surface area (Å²) in [5.74, 6) is 1.23. The van der Waals surface area contributed by atoms with E-state index in [9.17, 15) is 4.79 Å². The highest BCUT2D eigenvalue weighted by Gasteiger charge is 2.12. The molecule has 0 fully saturated rings. The van der Waals surface area contributed by atoms with Crippen LogP contribution in [-0.2, 0) is 22.6 Å². The van der Waals surface area contributed by atoms with Gasteiger partial charge in [-0.25, -0.2) is 0 Å². The van der Waals surface area contributed by atoms with Gasteiger partial charge in [0.25, 0.3) is 5.89 Å². The maximum atomic E-state index is 12.0. The van der Waals surface area contributed by atoms with Gasteiger partial charge in [0.2, 0.25) is 5.82 Å². The topological polar surface area (TPSA) is 74.5 Å². The zero-order valence-electron chi connectivity index (χ0n) is 15.5. The molecule has 0 atom stereocenters. The van der Waals surface area contributed by atoms with Gasteiger partial charge < -0.3 is 14.0 Å². The molecule has 0 aliphatic rings. The van der Waals surface area contributed by atoms with Gasteiger partial charge in [0.05, 0.1) is 6.61 Å². The van der Waals surface area contributed by atoms with E-state index in [0.717, 1.165) is 22.4 Å². The number of carbonyl (C=O) groups is 1. The Balaban J connectivity index is 1.50. The van der Waals surface area contributed by atoms with E-state index < -0.39 is 0 Å². The second kappa shape index (κ2) is 8.98. The normalized spacial score (nSPS) is 10.6. The molecule has 140 valence electrons. The molecule has 1 aromatic heterocycles. The van der Waals surface area contributed by atoms with Crippen LogP contribution >= 0.6 is 0 Å². The van der Waals surface area contributed by atoms with E-state index in [1.807, 2.05) is 62.4 Å². The third kappa shape index (κ3) is 5.17. The van der Waals surface area contributed by atoms with Crippen LogP contribution < -0.4 is 4.74 Å². The molecule has 3 rings (SSSR count). The summed E-state index contributed by atoms with van der Waals surface area (Å²) in [5.41, 5.74) is 2.99. The summed E-state index contributed by atoms with van der Waals surface area (Å²) < 4.78 is 16.0. The Morgan fingerprint density at radius 2 is 1.89 bits per heavy atom. The van der Waals surface area contributed by atoms with Crippen molar-refractivity contribution in [3.8, 4) is 17.1 Å².